The monoisotopic (exact) mass is 422 g/mol. The second-order valence-corrected chi connectivity index (χ2v) is 7.59. The summed E-state index contributed by atoms with van der Waals surface area (Å²) < 4.78 is 6.48. The number of carbonyl (C=O) groups excluding carboxylic acids is 1. The number of rotatable bonds is 8. The number of carbonyl (C=O) groups is 1. The van der Waals surface area contributed by atoms with Crippen LogP contribution in [0.2, 0.25) is 0 Å². The first-order valence-electron chi connectivity index (χ1n) is 10.1. The van der Waals surface area contributed by atoms with Gasteiger partial charge in [0.2, 0.25) is 0 Å². The number of anilines is 2. The van der Waals surface area contributed by atoms with E-state index in [0.29, 0.717) is 18.1 Å². The molecular formula is C23H26N4O4. The molecule has 0 fully saturated rings. The quantitative estimate of drug-likeness (QED) is 0.542. The summed E-state index contributed by atoms with van der Waals surface area (Å²) in [5, 5.41) is 0. The van der Waals surface area contributed by atoms with Gasteiger partial charge in [-0.25, -0.2) is 4.79 Å². The molecule has 0 saturated heterocycles. The topological polar surface area (TPSA) is 114 Å². The Morgan fingerprint density at radius 2 is 1.94 bits per heavy atom. The number of furan rings is 1. The zero-order valence-corrected chi connectivity index (χ0v) is 17.6. The summed E-state index contributed by atoms with van der Waals surface area (Å²) in [4.78, 5) is 41.8. The molecule has 0 unspecified atom stereocenters. The Bertz CT molecular complexity index is 1160. The number of nitrogens with two attached hydrogens (primary N) is 1. The zero-order chi connectivity index (χ0) is 22.4. The van der Waals surface area contributed by atoms with E-state index < -0.39 is 17.2 Å². The average molecular weight is 422 g/mol. The zero-order valence-electron chi connectivity index (χ0n) is 17.6. The number of hydrogen-bond acceptors (Lipinski definition) is 5. The molecule has 3 rings (SSSR count). The van der Waals surface area contributed by atoms with Crippen LogP contribution in [0.15, 0.2) is 68.8 Å². The Morgan fingerprint density at radius 1 is 1.19 bits per heavy atom. The molecule has 31 heavy (non-hydrogen) atoms. The fourth-order valence-corrected chi connectivity index (χ4v) is 3.11. The third kappa shape index (κ3) is 5.42. The van der Waals surface area contributed by atoms with E-state index in [9.17, 15) is 14.4 Å². The highest BCUT2D eigenvalue weighted by molar-refractivity contribution is 6.04. The van der Waals surface area contributed by atoms with Crippen LogP contribution in [0.25, 0.3) is 6.08 Å². The van der Waals surface area contributed by atoms with Gasteiger partial charge in [-0.3, -0.25) is 19.1 Å². The maximum atomic E-state index is 13.0. The van der Waals surface area contributed by atoms with Crippen molar-refractivity contribution in [2.45, 2.75) is 26.8 Å². The highest BCUT2D eigenvalue weighted by atomic mass is 16.3. The van der Waals surface area contributed by atoms with Gasteiger partial charge in [0.25, 0.3) is 11.5 Å². The molecule has 3 aromatic rings. The van der Waals surface area contributed by atoms with Crippen molar-refractivity contribution in [3.63, 3.8) is 0 Å². The maximum absolute atomic E-state index is 13.0. The molecule has 0 aliphatic carbocycles. The standard InChI is InChI=1S/C23H26N4O4/c1-16(2)12-13-26(19(28)11-10-18-9-6-14-31-18)20-21(24)27(23(30)25-22(20)29)15-17-7-4-3-5-8-17/h3-11,14,16H,12-13,15,24H2,1-2H3,(H,25,29,30)/b11-10+. The van der Waals surface area contributed by atoms with E-state index in [0.717, 1.165) is 5.56 Å². The molecular weight excluding hydrogens is 396 g/mol. The molecule has 0 radical (unpaired) electrons. The maximum Gasteiger partial charge on any atom is 0.330 e. The predicted octanol–water partition coefficient (Wildman–Crippen LogP) is 2.85. The molecule has 0 bridgehead atoms. The van der Waals surface area contributed by atoms with Gasteiger partial charge in [-0.1, -0.05) is 44.2 Å². The van der Waals surface area contributed by atoms with Crippen LogP contribution in [0.4, 0.5) is 11.5 Å². The summed E-state index contributed by atoms with van der Waals surface area (Å²) in [6, 6.07) is 12.7. The number of H-pyrrole nitrogens is 1. The highest BCUT2D eigenvalue weighted by Gasteiger charge is 2.23. The van der Waals surface area contributed by atoms with E-state index in [1.165, 1.54) is 27.9 Å². The third-order valence-corrected chi connectivity index (χ3v) is 4.80. The molecule has 0 atom stereocenters. The average Bonchev–Trinajstić information content (AvgIpc) is 3.26. The molecule has 1 aromatic carbocycles. The van der Waals surface area contributed by atoms with E-state index in [1.807, 2.05) is 44.2 Å². The summed E-state index contributed by atoms with van der Waals surface area (Å²) in [5.41, 5.74) is 5.75. The van der Waals surface area contributed by atoms with E-state index in [-0.39, 0.29) is 24.6 Å². The third-order valence-electron chi connectivity index (χ3n) is 4.80. The number of aromatic nitrogens is 2. The van der Waals surface area contributed by atoms with Crippen LogP contribution in [0.1, 0.15) is 31.6 Å². The highest BCUT2D eigenvalue weighted by Crippen LogP contribution is 2.20. The first-order chi connectivity index (χ1) is 14.9. The van der Waals surface area contributed by atoms with E-state index >= 15 is 0 Å². The normalized spacial score (nSPS) is 11.3. The van der Waals surface area contributed by atoms with Gasteiger partial charge >= 0.3 is 5.69 Å². The molecule has 0 spiro atoms. The van der Waals surface area contributed by atoms with Gasteiger partial charge in [-0.05, 0) is 36.1 Å². The lowest BCUT2D eigenvalue weighted by Gasteiger charge is -2.24. The van der Waals surface area contributed by atoms with Gasteiger partial charge in [0.1, 0.15) is 11.6 Å². The van der Waals surface area contributed by atoms with Crippen molar-refractivity contribution < 1.29 is 9.21 Å². The minimum absolute atomic E-state index is 0.0368. The Morgan fingerprint density at radius 3 is 2.58 bits per heavy atom. The summed E-state index contributed by atoms with van der Waals surface area (Å²) >= 11 is 0. The number of nitrogens with one attached hydrogen (secondary N) is 1. The summed E-state index contributed by atoms with van der Waals surface area (Å²) in [7, 11) is 0. The Balaban J connectivity index is 2.02. The van der Waals surface area contributed by atoms with Crippen molar-refractivity contribution in [1.82, 2.24) is 9.55 Å². The van der Waals surface area contributed by atoms with Crippen molar-refractivity contribution >= 4 is 23.5 Å². The Labute approximate surface area is 179 Å². The van der Waals surface area contributed by atoms with Gasteiger partial charge in [0.15, 0.2) is 5.69 Å². The Hall–Kier alpha value is -3.81. The lowest BCUT2D eigenvalue weighted by Crippen LogP contribution is -2.41. The van der Waals surface area contributed by atoms with Crippen molar-refractivity contribution in [3.8, 4) is 0 Å². The van der Waals surface area contributed by atoms with E-state index in [2.05, 4.69) is 4.98 Å². The van der Waals surface area contributed by atoms with Gasteiger partial charge < -0.3 is 15.1 Å². The van der Waals surface area contributed by atoms with Crippen molar-refractivity contribution in [2.24, 2.45) is 5.92 Å². The lowest BCUT2D eigenvalue weighted by molar-refractivity contribution is -0.114. The van der Waals surface area contributed by atoms with Crippen LogP contribution >= 0.6 is 0 Å². The van der Waals surface area contributed by atoms with Gasteiger partial charge in [-0.15, -0.1) is 0 Å². The number of nitrogen functional groups attached to an aromatic ring is 1. The number of hydrogen-bond donors (Lipinski definition) is 2. The number of amides is 1. The number of nitrogens with zero attached hydrogens (tertiary/aromatic N) is 2. The molecule has 2 aromatic heterocycles. The smallest absolute Gasteiger partial charge is 0.330 e. The lowest BCUT2D eigenvalue weighted by atomic mass is 10.1. The van der Waals surface area contributed by atoms with Gasteiger partial charge in [0.05, 0.1) is 12.8 Å². The first kappa shape index (κ1) is 21.9. The van der Waals surface area contributed by atoms with Crippen LogP contribution in [-0.2, 0) is 11.3 Å². The van der Waals surface area contributed by atoms with E-state index in [4.69, 9.17) is 10.2 Å². The Kier molecular flexibility index (Phi) is 6.92. The van der Waals surface area contributed by atoms with Crippen molar-refractivity contribution in [1.29, 1.82) is 0 Å². The fraction of sp³-hybridized carbons (Fsp3) is 0.261. The second-order valence-electron chi connectivity index (χ2n) is 7.59. The largest absolute Gasteiger partial charge is 0.465 e. The minimum Gasteiger partial charge on any atom is -0.465 e. The van der Waals surface area contributed by atoms with Crippen LogP contribution in [0.5, 0.6) is 0 Å². The molecule has 0 aliphatic heterocycles. The molecule has 8 nitrogen and oxygen atoms in total. The van der Waals surface area contributed by atoms with Crippen LogP contribution in [0.3, 0.4) is 0 Å². The minimum atomic E-state index is -0.699. The van der Waals surface area contributed by atoms with E-state index in [1.54, 1.807) is 12.1 Å². The molecule has 162 valence electrons. The number of benzene rings is 1. The number of aromatic amines is 1. The van der Waals surface area contributed by atoms with Crippen LogP contribution < -0.4 is 21.9 Å². The summed E-state index contributed by atoms with van der Waals surface area (Å²) in [5.74, 6) is 0.313. The SMILES string of the molecule is CC(C)CCN(C(=O)/C=C/c1ccco1)c1c(N)n(Cc2ccccc2)c(=O)[nH]c1=O. The van der Waals surface area contributed by atoms with Gasteiger partial charge in [-0.2, -0.15) is 0 Å². The fourth-order valence-electron chi connectivity index (χ4n) is 3.11. The summed E-state index contributed by atoms with van der Waals surface area (Å²) in [6.07, 6.45) is 5.00. The van der Waals surface area contributed by atoms with Crippen molar-refractivity contribution in [2.75, 3.05) is 17.2 Å². The molecule has 0 saturated carbocycles. The molecule has 0 aliphatic rings. The predicted molar refractivity (Wildman–Crippen MR) is 121 cm³/mol. The van der Waals surface area contributed by atoms with Gasteiger partial charge in [0, 0.05) is 12.6 Å². The second kappa shape index (κ2) is 9.80. The molecule has 2 heterocycles. The van der Waals surface area contributed by atoms with Crippen LogP contribution in [-0.4, -0.2) is 22.0 Å². The molecule has 3 N–H and O–H groups in total. The van der Waals surface area contributed by atoms with Crippen molar-refractivity contribution in [3.05, 3.63) is 87.0 Å². The molecule has 8 heteroatoms. The first-order valence-corrected chi connectivity index (χ1v) is 10.1. The van der Waals surface area contributed by atoms with Crippen LogP contribution in [0, 0.1) is 5.92 Å². The summed E-state index contributed by atoms with van der Waals surface area (Å²) in [6.45, 7) is 4.48. The molecule has 1 amide bonds.